The molecule has 0 atom stereocenters. The fourth-order valence-corrected chi connectivity index (χ4v) is 2.70. The van der Waals surface area contributed by atoms with Gasteiger partial charge in [-0.1, -0.05) is 12.1 Å². The number of carbonyl (C=O) groups is 2. The normalized spacial score (nSPS) is 11.0. The molecule has 0 fully saturated rings. The number of nitrogens with zero attached hydrogens (tertiary/aromatic N) is 5. The number of carboxylic acids is 2. The number of aromatic amines is 1. The number of fused-ring (bicyclic) bond motifs is 1. The molecule has 4 rings (SSSR count). The first-order chi connectivity index (χ1) is 13.4. The van der Waals surface area contributed by atoms with Gasteiger partial charge in [0.05, 0.1) is 23.7 Å². The van der Waals surface area contributed by atoms with E-state index < -0.39 is 17.5 Å². The smallest absolute Gasteiger partial charge is 0.338 e. The highest BCUT2D eigenvalue weighted by Gasteiger charge is 2.14. The first-order valence-electron chi connectivity index (χ1n) is 7.98. The van der Waals surface area contributed by atoms with Crippen molar-refractivity contribution in [3.63, 3.8) is 0 Å². The van der Waals surface area contributed by atoms with Gasteiger partial charge in [-0.3, -0.25) is 9.78 Å². The van der Waals surface area contributed by atoms with Crippen LogP contribution in [-0.2, 0) is 6.54 Å². The highest BCUT2D eigenvalue weighted by atomic mass is 16.4. The van der Waals surface area contributed by atoms with Crippen LogP contribution in [0.15, 0.2) is 47.8 Å². The summed E-state index contributed by atoms with van der Waals surface area (Å²) in [6.07, 6.45) is 3.83. The molecular weight excluding hydrogens is 368 g/mol. The van der Waals surface area contributed by atoms with E-state index in [0.29, 0.717) is 6.54 Å². The molecule has 0 bridgehead atoms. The molecule has 3 N–H and O–H groups in total. The fraction of sp³-hybridized carbons (Fsp3) is 0.0588. The summed E-state index contributed by atoms with van der Waals surface area (Å²) >= 11 is 0. The lowest BCUT2D eigenvalue weighted by Crippen LogP contribution is -2.16. The van der Waals surface area contributed by atoms with Crippen LogP contribution in [0.2, 0.25) is 0 Å². The van der Waals surface area contributed by atoms with Gasteiger partial charge < -0.3 is 14.8 Å². The first-order valence-corrected chi connectivity index (χ1v) is 7.98. The summed E-state index contributed by atoms with van der Waals surface area (Å²) in [6.45, 7) is 0.297. The van der Waals surface area contributed by atoms with Crippen molar-refractivity contribution in [1.82, 2.24) is 29.3 Å². The molecule has 0 unspecified atom stereocenters. The summed E-state index contributed by atoms with van der Waals surface area (Å²) in [5.74, 6) is -2.12. The number of benzene rings is 1. The molecular formula is C17H12N6O5. The van der Waals surface area contributed by atoms with Gasteiger partial charge in [-0.2, -0.15) is 10.1 Å². The average Bonchev–Trinajstić information content (AvgIpc) is 3.30. The summed E-state index contributed by atoms with van der Waals surface area (Å²) in [5, 5.41) is 21.8. The summed E-state index contributed by atoms with van der Waals surface area (Å²) in [7, 11) is 0. The van der Waals surface area contributed by atoms with E-state index in [2.05, 4.69) is 20.1 Å². The zero-order valence-electron chi connectivity index (χ0n) is 14.1. The van der Waals surface area contributed by atoms with E-state index in [1.54, 1.807) is 16.7 Å². The first kappa shape index (κ1) is 17.1. The zero-order valence-corrected chi connectivity index (χ0v) is 14.1. The lowest BCUT2D eigenvalue weighted by Gasteiger charge is -2.05. The molecule has 0 radical (unpaired) electrons. The monoisotopic (exact) mass is 380 g/mol. The van der Waals surface area contributed by atoms with Crippen LogP contribution in [0.4, 0.5) is 0 Å². The summed E-state index contributed by atoms with van der Waals surface area (Å²) in [5.41, 5.74) is 0.851. The molecule has 11 heteroatoms. The van der Waals surface area contributed by atoms with E-state index in [1.165, 1.54) is 24.7 Å². The van der Waals surface area contributed by atoms with E-state index in [9.17, 15) is 14.4 Å². The Balaban J connectivity index is 1.69. The van der Waals surface area contributed by atoms with Crippen molar-refractivity contribution >= 4 is 23.1 Å². The Morgan fingerprint density at radius 2 is 1.79 bits per heavy atom. The second-order valence-corrected chi connectivity index (χ2v) is 5.92. The Bertz CT molecular complexity index is 1270. The quantitative estimate of drug-likeness (QED) is 0.458. The minimum Gasteiger partial charge on any atom is -0.478 e. The average molecular weight is 380 g/mol. The molecule has 4 aromatic rings. The predicted molar refractivity (Wildman–Crippen MR) is 94.7 cm³/mol. The molecule has 3 aromatic heterocycles. The van der Waals surface area contributed by atoms with Gasteiger partial charge in [0.2, 0.25) is 5.95 Å². The number of carboxylic acid groups (broad SMARTS) is 2. The molecule has 0 saturated heterocycles. The SMILES string of the molecule is O=C(O)c1ccc(Cn2cnc3nc(-n4cc(C(=O)O)cn4)[nH]c(=O)c32)cc1. The number of hydrogen-bond donors (Lipinski definition) is 3. The van der Waals surface area contributed by atoms with Crippen LogP contribution in [0.1, 0.15) is 26.3 Å². The maximum Gasteiger partial charge on any atom is 0.338 e. The molecule has 0 aliphatic heterocycles. The highest BCUT2D eigenvalue weighted by molar-refractivity contribution is 5.87. The van der Waals surface area contributed by atoms with Crippen LogP contribution in [0, 0.1) is 0 Å². The molecule has 0 saturated carbocycles. The van der Waals surface area contributed by atoms with Crippen LogP contribution >= 0.6 is 0 Å². The minimum absolute atomic E-state index is 0.0426. The largest absolute Gasteiger partial charge is 0.478 e. The van der Waals surface area contributed by atoms with E-state index in [0.717, 1.165) is 16.4 Å². The Morgan fingerprint density at radius 1 is 1.07 bits per heavy atom. The Hall–Kier alpha value is -4.28. The van der Waals surface area contributed by atoms with Gasteiger partial charge in [0.15, 0.2) is 11.2 Å². The molecule has 11 nitrogen and oxygen atoms in total. The van der Waals surface area contributed by atoms with Gasteiger partial charge in [0.25, 0.3) is 5.56 Å². The topological polar surface area (TPSA) is 156 Å². The van der Waals surface area contributed by atoms with Crippen LogP contribution in [0.3, 0.4) is 0 Å². The summed E-state index contributed by atoms with van der Waals surface area (Å²) in [6, 6.07) is 6.27. The van der Waals surface area contributed by atoms with Gasteiger partial charge in [-0.15, -0.1) is 0 Å². The standard InChI is InChI=1S/C17H12N6O5/c24-14-12-13(20-17(21-14)23-7-11(5-19-23)16(27)28)18-8-22(12)6-9-1-3-10(4-2-9)15(25)26/h1-5,7-8H,6H2,(H,25,26)(H,27,28)(H,20,21,24). The second-order valence-electron chi connectivity index (χ2n) is 5.92. The molecule has 0 aliphatic carbocycles. The van der Waals surface area contributed by atoms with Crippen molar-refractivity contribution in [1.29, 1.82) is 0 Å². The number of hydrogen-bond acceptors (Lipinski definition) is 6. The van der Waals surface area contributed by atoms with Crippen molar-refractivity contribution < 1.29 is 19.8 Å². The number of aromatic carboxylic acids is 2. The lowest BCUT2D eigenvalue weighted by molar-refractivity contribution is 0.0686. The lowest BCUT2D eigenvalue weighted by atomic mass is 10.1. The number of rotatable bonds is 5. The highest BCUT2D eigenvalue weighted by Crippen LogP contribution is 2.12. The van der Waals surface area contributed by atoms with Gasteiger partial charge in [-0.05, 0) is 17.7 Å². The maximum atomic E-state index is 12.5. The fourth-order valence-electron chi connectivity index (χ4n) is 2.70. The van der Waals surface area contributed by atoms with Crippen molar-refractivity contribution in [3.05, 3.63) is 70.0 Å². The maximum absolute atomic E-state index is 12.5. The van der Waals surface area contributed by atoms with Crippen LogP contribution in [-0.4, -0.2) is 51.5 Å². The Kier molecular flexibility index (Phi) is 3.96. The number of H-pyrrole nitrogens is 1. The van der Waals surface area contributed by atoms with Crippen molar-refractivity contribution in [2.45, 2.75) is 6.54 Å². The molecule has 0 spiro atoms. The Labute approximate surface area is 155 Å². The minimum atomic E-state index is -1.15. The van der Waals surface area contributed by atoms with E-state index >= 15 is 0 Å². The number of nitrogens with one attached hydrogen (secondary N) is 1. The molecule has 0 aliphatic rings. The summed E-state index contributed by atoms with van der Waals surface area (Å²) in [4.78, 5) is 45.3. The zero-order chi connectivity index (χ0) is 19.8. The molecule has 3 heterocycles. The van der Waals surface area contributed by atoms with E-state index in [-0.39, 0.29) is 28.2 Å². The Morgan fingerprint density at radius 3 is 2.43 bits per heavy atom. The van der Waals surface area contributed by atoms with Crippen LogP contribution < -0.4 is 5.56 Å². The molecule has 1 aromatic carbocycles. The number of aromatic nitrogens is 6. The summed E-state index contributed by atoms with van der Waals surface area (Å²) < 4.78 is 2.74. The third-order valence-corrected chi connectivity index (χ3v) is 4.07. The second kappa shape index (κ2) is 6.46. The van der Waals surface area contributed by atoms with Crippen molar-refractivity contribution in [2.24, 2.45) is 0 Å². The van der Waals surface area contributed by atoms with Gasteiger partial charge in [0, 0.05) is 12.7 Å². The predicted octanol–water partition coefficient (Wildman–Crippen LogP) is 0.750. The van der Waals surface area contributed by atoms with Gasteiger partial charge in [-0.25, -0.2) is 19.3 Å². The molecule has 0 amide bonds. The number of imidazole rings is 1. The van der Waals surface area contributed by atoms with Gasteiger partial charge in [0.1, 0.15) is 0 Å². The van der Waals surface area contributed by atoms with E-state index in [1.807, 2.05) is 0 Å². The molecule has 28 heavy (non-hydrogen) atoms. The van der Waals surface area contributed by atoms with Crippen LogP contribution in [0.5, 0.6) is 0 Å². The van der Waals surface area contributed by atoms with Crippen molar-refractivity contribution in [3.8, 4) is 5.95 Å². The third-order valence-electron chi connectivity index (χ3n) is 4.07. The third kappa shape index (κ3) is 3.00. The van der Waals surface area contributed by atoms with Gasteiger partial charge >= 0.3 is 11.9 Å². The molecule has 140 valence electrons. The van der Waals surface area contributed by atoms with E-state index in [4.69, 9.17) is 10.2 Å². The van der Waals surface area contributed by atoms with Crippen molar-refractivity contribution in [2.75, 3.05) is 0 Å². The van der Waals surface area contributed by atoms with Crippen LogP contribution in [0.25, 0.3) is 17.1 Å².